The second-order valence-corrected chi connectivity index (χ2v) is 5.85. The first-order valence-electron chi connectivity index (χ1n) is 6.99. The summed E-state index contributed by atoms with van der Waals surface area (Å²) in [7, 11) is 1.64. The molecule has 1 heterocycles. The minimum atomic E-state index is 0.0640. The van der Waals surface area contributed by atoms with Crippen LogP contribution in [0.2, 0.25) is 0 Å². The third kappa shape index (κ3) is 5.08. The lowest BCUT2D eigenvalue weighted by Gasteiger charge is -2.20. The summed E-state index contributed by atoms with van der Waals surface area (Å²) in [5.41, 5.74) is 1.02. The molecule has 0 aliphatic heterocycles. The fourth-order valence-electron chi connectivity index (χ4n) is 1.73. The largest absolute Gasteiger partial charge is 0.497 e. The van der Waals surface area contributed by atoms with Crippen LogP contribution in [-0.2, 0) is 6.54 Å². The van der Waals surface area contributed by atoms with Crippen LogP contribution in [0.3, 0.4) is 0 Å². The van der Waals surface area contributed by atoms with Crippen LogP contribution in [0.4, 0.5) is 0 Å². The van der Waals surface area contributed by atoms with Crippen molar-refractivity contribution in [3.05, 3.63) is 48.2 Å². The topological polar surface area (TPSA) is 43.4 Å². The van der Waals surface area contributed by atoms with Crippen molar-refractivity contribution in [2.75, 3.05) is 7.11 Å². The third-order valence-electron chi connectivity index (χ3n) is 2.86. The lowest BCUT2D eigenvalue weighted by atomic mass is 10.1. The van der Waals surface area contributed by atoms with Crippen LogP contribution in [0.25, 0.3) is 0 Å². The summed E-state index contributed by atoms with van der Waals surface area (Å²) in [4.78, 5) is 4.50. The van der Waals surface area contributed by atoms with Gasteiger partial charge in [0.05, 0.1) is 12.8 Å². The summed E-state index contributed by atoms with van der Waals surface area (Å²) >= 11 is 0. The zero-order valence-electron chi connectivity index (χ0n) is 13.0. The Hall–Kier alpha value is -2.07. The molecule has 0 atom stereocenters. The number of hydrogen-bond acceptors (Lipinski definition) is 4. The lowest BCUT2D eigenvalue weighted by Crippen LogP contribution is -2.35. The van der Waals surface area contributed by atoms with Crippen molar-refractivity contribution in [3.8, 4) is 17.4 Å². The number of methoxy groups -OCH3 is 1. The van der Waals surface area contributed by atoms with Gasteiger partial charge < -0.3 is 14.8 Å². The fraction of sp³-hybridized carbons (Fsp3) is 0.353. The lowest BCUT2D eigenvalue weighted by molar-refractivity contribution is 0.410. The van der Waals surface area contributed by atoms with E-state index in [1.54, 1.807) is 7.11 Å². The molecular formula is C17H22N2O2. The maximum atomic E-state index is 5.76. The Kier molecular flexibility index (Phi) is 4.81. The normalized spacial score (nSPS) is 11.2. The van der Waals surface area contributed by atoms with Gasteiger partial charge in [-0.1, -0.05) is 6.07 Å². The Morgan fingerprint density at radius 2 is 1.67 bits per heavy atom. The van der Waals surface area contributed by atoms with Crippen molar-refractivity contribution < 1.29 is 9.47 Å². The van der Waals surface area contributed by atoms with E-state index in [4.69, 9.17) is 9.47 Å². The second kappa shape index (κ2) is 6.59. The Morgan fingerprint density at radius 1 is 1.00 bits per heavy atom. The molecule has 0 saturated heterocycles. The van der Waals surface area contributed by atoms with Gasteiger partial charge in [0.25, 0.3) is 0 Å². The van der Waals surface area contributed by atoms with E-state index in [0.717, 1.165) is 17.2 Å². The molecule has 0 fully saturated rings. The van der Waals surface area contributed by atoms with Gasteiger partial charge in [0, 0.05) is 18.2 Å². The Balaban J connectivity index is 2.03. The molecule has 0 bridgehead atoms. The van der Waals surface area contributed by atoms with E-state index in [-0.39, 0.29) is 5.54 Å². The number of hydrogen-bond donors (Lipinski definition) is 1. The van der Waals surface area contributed by atoms with Crippen molar-refractivity contribution in [3.63, 3.8) is 0 Å². The monoisotopic (exact) mass is 286 g/mol. The molecule has 1 N–H and O–H groups in total. The van der Waals surface area contributed by atoms with Crippen molar-refractivity contribution in [2.45, 2.75) is 32.9 Å². The Morgan fingerprint density at radius 3 is 2.29 bits per heavy atom. The number of pyridine rings is 1. The summed E-state index contributed by atoms with van der Waals surface area (Å²) in [5.74, 6) is 2.14. The highest BCUT2D eigenvalue weighted by molar-refractivity contribution is 5.33. The van der Waals surface area contributed by atoms with Crippen LogP contribution < -0.4 is 14.8 Å². The average molecular weight is 286 g/mol. The van der Waals surface area contributed by atoms with E-state index in [0.29, 0.717) is 12.4 Å². The molecule has 0 unspecified atom stereocenters. The van der Waals surface area contributed by atoms with Crippen molar-refractivity contribution in [1.29, 1.82) is 0 Å². The van der Waals surface area contributed by atoms with Gasteiger partial charge in [0.15, 0.2) is 0 Å². The number of nitrogens with zero attached hydrogens (tertiary/aromatic N) is 1. The molecule has 1 aromatic heterocycles. The van der Waals surface area contributed by atoms with Crippen LogP contribution in [-0.4, -0.2) is 17.6 Å². The van der Waals surface area contributed by atoms with Gasteiger partial charge in [-0.25, -0.2) is 4.98 Å². The Labute approximate surface area is 126 Å². The summed E-state index contributed by atoms with van der Waals surface area (Å²) in [6, 6.07) is 13.2. The predicted octanol–water partition coefficient (Wildman–Crippen LogP) is 3.77. The summed E-state index contributed by atoms with van der Waals surface area (Å²) < 4.78 is 10.9. The fourth-order valence-corrected chi connectivity index (χ4v) is 1.73. The van der Waals surface area contributed by atoms with E-state index in [1.807, 2.05) is 42.5 Å². The molecular weight excluding hydrogens is 264 g/mol. The Bertz CT molecular complexity index is 574. The maximum absolute atomic E-state index is 5.76. The highest BCUT2D eigenvalue weighted by atomic mass is 16.5. The standard InChI is InChI=1S/C17H22N2O2/c1-17(2,3)18-12-13-6-5-7-16(19-13)21-15-10-8-14(20-4)9-11-15/h5-11,18H,12H2,1-4H3. The number of nitrogens with one attached hydrogen (secondary N) is 1. The molecule has 0 radical (unpaired) electrons. The molecule has 4 heteroatoms. The van der Waals surface area contributed by atoms with Crippen molar-refractivity contribution in [1.82, 2.24) is 10.3 Å². The van der Waals surface area contributed by atoms with E-state index in [9.17, 15) is 0 Å². The molecule has 1 aromatic carbocycles. The van der Waals surface area contributed by atoms with Crippen LogP contribution in [0.1, 0.15) is 26.5 Å². The number of rotatable bonds is 5. The minimum absolute atomic E-state index is 0.0640. The quantitative estimate of drug-likeness (QED) is 0.908. The smallest absolute Gasteiger partial charge is 0.219 e. The molecule has 2 rings (SSSR count). The van der Waals surface area contributed by atoms with E-state index in [2.05, 4.69) is 31.1 Å². The molecule has 0 saturated carbocycles. The van der Waals surface area contributed by atoms with Gasteiger partial charge in [-0.3, -0.25) is 0 Å². The predicted molar refractivity (Wildman–Crippen MR) is 83.9 cm³/mol. The highest BCUT2D eigenvalue weighted by Gasteiger charge is 2.09. The molecule has 0 aliphatic rings. The van der Waals surface area contributed by atoms with Gasteiger partial charge in [-0.05, 0) is 51.1 Å². The van der Waals surface area contributed by atoms with Crippen LogP contribution >= 0.6 is 0 Å². The number of aromatic nitrogens is 1. The van der Waals surface area contributed by atoms with Crippen molar-refractivity contribution >= 4 is 0 Å². The van der Waals surface area contributed by atoms with Gasteiger partial charge in [-0.2, -0.15) is 0 Å². The van der Waals surface area contributed by atoms with E-state index in [1.165, 1.54) is 0 Å². The van der Waals surface area contributed by atoms with E-state index >= 15 is 0 Å². The van der Waals surface area contributed by atoms with Gasteiger partial charge in [0.1, 0.15) is 11.5 Å². The first kappa shape index (κ1) is 15.3. The van der Waals surface area contributed by atoms with Gasteiger partial charge >= 0.3 is 0 Å². The molecule has 0 spiro atoms. The van der Waals surface area contributed by atoms with Gasteiger partial charge in [0.2, 0.25) is 5.88 Å². The molecule has 0 aliphatic carbocycles. The van der Waals surface area contributed by atoms with Crippen LogP contribution in [0.5, 0.6) is 17.4 Å². The SMILES string of the molecule is COc1ccc(Oc2cccc(CNC(C)(C)C)n2)cc1. The number of benzene rings is 1. The molecule has 4 nitrogen and oxygen atoms in total. The third-order valence-corrected chi connectivity index (χ3v) is 2.86. The summed E-state index contributed by atoms with van der Waals surface area (Å²) in [6.07, 6.45) is 0. The van der Waals surface area contributed by atoms with Gasteiger partial charge in [-0.15, -0.1) is 0 Å². The minimum Gasteiger partial charge on any atom is -0.497 e. The number of ether oxygens (including phenoxy) is 2. The summed E-state index contributed by atoms with van der Waals surface area (Å²) in [6.45, 7) is 7.10. The van der Waals surface area contributed by atoms with Crippen molar-refractivity contribution in [2.24, 2.45) is 0 Å². The molecule has 112 valence electrons. The maximum Gasteiger partial charge on any atom is 0.219 e. The van der Waals surface area contributed by atoms with Crippen LogP contribution in [0.15, 0.2) is 42.5 Å². The second-order valence-electron chi connectivity index (χ2n) is 5.85. The zero-order chi connectivity index (χ0) is 15.3. The highest BCUT2D eigenvalue weighted by Crippen LogP contribution is 2.22. The summed E-state index contributed by atoms with van der Waals surface area (Å²) in [5, 5.41) is 3.41. The van der Waals surface area contributed by atoms with E-state index < -0.39 is 0 Å². The zero-order valence-corrected chi connectivity index (χ0v) is 13.0. The molecule has 21 heavy (non-hydrogen) atoms. The average Bonchev–Trinajstić information content (AvgIpc) is 2.46. The molecule has 0 amide bonds. The first-order chi connectivity index (χ1) is 9.96. The molecule has 2 aromatic rings. The first-order valence-corrected chi connectivity index (χ1v) is 6.99. The van der Waals surface area contributed by atoms with Crippen LogP contribution in [0, 0.1) is 0 Å².